The smallest absolute Gasteiger partial charge is 0.165 e. The number of methoxy groups -OCH3 is 1. The van der Waals surface area contributed by atoms with E-state index < -0.39 is 0 Å². The molecule has 1 atom stereocenters. The number of benzene rings is 7. The molecular formula is C53H38N4OS. The van der Waals surface area contributed by atoms with Crippen molar-refractivity contribution in [1.29, 1.82) is 0 Å². The van der Waals surface area contributed by atoms with Crippen LogP contribution >= 0.6 is 11.3 Å². The zero-order valence-corrected chi connectivity index (χ0v) is 33.4. The molecule has 0 radical (unpaired) electrons. The van der Waals surface area contributed by atoms with Gasteiger partial charge in [0.15, 0.2) is 17.5 Å². The largest absolute Gasteiger partial charge is 0.496 e. The quantitative estimate of drug-likeness (QED) is 0.162. The van der Waals surface area contributed by atoms with Crippen molar-refractivity contribution in [3.05, 3.63) is 193 Å². The van der Waals surface area contributed by atoms with Gasteiger partial charge in [-0.25, -0.2) is 15.0 Å². The van der Waals surface area contributed by atoms with Crippen LogP contribution in [-0.2, 0) is 5.41 Å². The summed E-state index contributed by atoms with van der Waals surface area (Å²) in [6.45, 7) is 2.28. The van der Waals surface area contributed by atoms with E-state index in [0.29, 0.717) is 17.5 Å². The van der Waals surface area contributed by atoms with Crippen LogP contribution < -0.4 is 4.74 Å². The summed E-state index contributed by atoms with van der Waals surface area (Å²) in [4.78, 5) is 15.3. The van der Waals surface area contributed by atoms with E-state index in [1.165, 1.54) is 42.1 Å². The number of para-hydroxylation sites is 1. The van der Waals surface area contributed by atoms with E-state index in [1.807, 2.05) is 18.2 Å². The molecule has 0 amide bonds. The van der Waals surface area contributed by atoms with Crippen molar-refractivity contribution in [3.63, 3.8) is 0 Å². The average Bonchev–Trinajstić information content (AvgIpc) is 3.85. The molecule has 0 bridgehead atoms. The van der Waals surface area contributed by atoms with E-state index in [2.05, 4.69) is 175 Å². The third-order valence-electron chi connectivity index (χ3n) is 11.8. The predicted octanol–water partition coefficient (Wildman–Crippen LogP) is 13.6. The van der Waals surface area contributed by atoms with Crippen LogP contribution in [0.1, 0.15) is 24.7 Å². The van der Waals surface area contributed by atoms with Gasteiger partial charge < -0.3 is 9.30 Å². The van der Waals surface area contributed by atoms with E-state index in [-0.39, 0.29) is 5.41 Å². The number of thiophene rings is 1. The second-order valence-corrected chi connectivity index (χ2v) is 16.5. The fourth-order valence-electron chi connectivity index (χ4n) is 8.71. The fraction of sp³-hybridized carbons (Fsp3) is 0.0755. The molecule has 0 aliphatic heterocycles. The molecule has 3 aromatic heterocycles. The summed E-state index contributed by atoms with van der Waals surface area (Å²) in [5, 5.41) is 4.91. The van der Waals surface area contributed by atoms with Gasteiger partial charge in [-0.05, 0) is 47.9 Å². The van der Waals surface area contributed by atoms with E-state index in [1.54, 1.807) is 18.4 Å². The molecule has 1 aliphatic rings. The van der Waals surface area contributed by atoms with Gasteiger partial charge in [0.05, 0.1) is 18.1 Å². The molecule has 7 aromatic carbocycles. The minimum absolute atomic E-state index is 0.324. The molecule has 10 aromatic rings. The monoisotopic (exact) mass is 778 g/mol. The summed E-state index contributed by atoms with van der Waals surface area (Å²) in [5.74, 6) is 2.84. The van der Waals surface area contributed by atoms with Crippen molar-refractivity contribution in [3.8, 4) is 45.3 Å². The highest BCUT2D eigenvalue weighted by atomic mass is 32.1. The molecule has 59 heavy (non-hydrogen) atoms. The summed E-state index contributed by atoms with van der Waals surface area (Å²) < 4.78 is 11.0. The zero-order chi connectivity index (χ0) is 39.5. The van der Waals surface area contributed by atoms with Gasteiger partial charge in [0.1, 0.15) is 5.75 Å². The van der Waals surface area contributed by atoms with Crippen molar-refractivity contribution in [1.82, 2.24) is 19.5 Å². The number of aromatic nitrogens is 4. The molecule has 0 spiro atoms. The van der Waals surface area contributed by atoms with Crippen LogP contribution in [0.4, 0.5) is 0 Å². The number of nitrogens with zero attached hydrogens (tertiary/aromatic N) is 4. The second-order valence-electron chi connectivity index (χ2n) is 15.4. The van der Waals surface area contributed by atoms with Crippen LogP contribution in [0.3, 0.4) is 0 Å². The Balaban J connectivity index is 0.975. The number of hydrogen-bond acceptors (Lipinski definition) is 5. The lowest BCUT2D eigenvalue weighted by atomic mass is 9.75. The number of rotatable bonds is 7. The molecule has 1 unspecified atom stereocenters. The van der Waals surface area contributed by atoms with Gasteiger partial charge in [0.2, 0.25) is 0 Å². The first-order valence-electron chi connectivity index (χ1n) is 19.9. The maximum atomic E-state index is 6.22. The second kappa shape index (κ2) is 14.0. The number of hydrogen-bond donors (Lipinski definition) is 0. The zero-order valence-electron chi connectivity index (χ0n) is 32.6. The molecular weight excluding hydrogens is 741 g/mol. The van der Waals surface area contributed by atoms with Crippen molar-refractivity contribution in [2.75, 3.05) is 7.11 Å². The lowest BCUT2D eigenvalue weighted by Gasteiger charge is -2.30. The lowest BCUT2D eigenvalue weighted by Crippen LogP contribution is -2.21. The van der Waals surface area contributed by atoms with Crippen molar-refractivity contribution >= 4 is 58.9 Å². The molecule has 5 nitrogen and oxygen atoms in total. The molecule has 0 N–H and O–H groups in total. The third kappa shape index (κ3) is 5.95. The maximum Gasteiger partial charge on any atom is 0.165 e. The summed E-state index contributed by atoms with van der Waals surface area (Å²) in [7, 11) is 1.77. The Labute approximate surface area is 346 Å². The van der Waals surface area contributed by atoms with E-state index >= 15 is 0 Å². The van der Waals surface area contributed by atoms with Crippen LogP contribution in [0.15, 0.2) is 182 Å². The third-order valence-corrected chi connectivity index (χ3v) is 13.0. The van der Waals surface area contributed by atoms with Gasteiger partial charge in [-0.2, -0.15) is 0 Å². The lowest BCUT2D eigenvalue weighted by molar-refractivity contribution is 0.399. The van der Waals surface area contributed by atoms with Gasteiger partial charge in [-0.1, -0.05) is 153 Å². The van der Waals surface area contributed by atoms with E-state index in [4.69, 9.17) is 19.7 Å². The first-order chi connectivity index (χ1) is 29.0. The Kier molecular flexibility index (Phi) is 8.34. The Bertz CT molecular complexity index is 3310. The first kappa shape index (κ1) is 35.0. The molecule has 0 fully saturated rings. The van der Waals surface area contributed by atoms with Gasteiger partial charge in [-0.3, -0.25) is 0 Å². The van der Waals surface area contributed by atoms with Crippen molar-refractivity contribution in [2.24, 2.45) is 0 Å². The highest BCUT2D eigenvalue weighted by Gasteiger charge is 2.30. The number of fused-ring (bicyclic) bond motifs is 6. The summed E-state index contributed by atoms with van der Waals surface area (Å²) >= 11 is 1.79. The van der Waals surface area contributed by atoms with E-state index in [9.17, 15) is 0 Å². The standard InChI is InChI=1S/C53H38N4OS/c1-53(44-27-25-38(33-47(44)58-2)57-45-22-11-9-18-39(45)40-26-24-37(32-46(40)57)34-14-5-3-6-15-34)30-28-36(29-31-53)51-54-50(35-16-7-4-8-17-35)55-52(56-51)43-21-13-20-42-41-19-10-12-23-48(41)59-49(42)43/h3-30,32-33H,31H2,1-2H3. The SMILES string of the molecule is COc1cc(-n2c3ccccc3c3ccc(-c4ccccc4)cc32)ccc1C1(C)C=CC(c2nc(-c3ccccc3)nc(-c3cccc4c3sc3ccccc34)n2)=CC1. The molecule has 6 heteroatoms. The van der Waals surface area contributed by atoms with Gasteiger partial charge >= 0.3 is 0 Å². The summed E-state index contributed by atoms with van der Waals surface area (Å²) in [6, 6.07) is 57.8. The summed E-state index contributed by atoms with van der Waals surface area (Å²) in [5.41, 5.74) is 9.50. The van der Waals surface area contributed by atoms with Crippen LogP contribution in [0.25, 0.3) is 87.1 Å². The summed E-state index contributed by atoms with van der Waals surface area (Å²) in [6.07, 6.45) is 7.46. The highest BCUT2D eigenvalue weighted by molar-refractivity contribution is 7.26. The van der Waals surface area contributed by atoms with Gasteiger partial charge in [0, 0.05) is 70.4 Å². The maximum absolute atomic E-state index is 6.22. The fourth-order valence-corrected chi connectivity index (χ4v) is 9.92. The van der Waals surface area contributed by atoms with Crippen LogP contribution in [0, 0.1) is 0 Å². The highest BCUT2D eigenvalue weighted by Crippen LogP contribution is 2.44. The van der Waals surface area contributed by atoms with E-state index in [0.717, 1.165) is 51.2 Å². The molecule has 0 saturated heterocycles. The minimum Gasteiger partial charge on any atom is -0.496 e. The Morgan fingerprint density at radius 3 is 2.07 bits per heavy atom. The Hall–Kier alpha value is -7.15. The number of allylic oxidation sites excluding steroid dienone is 4. The van der Waals surface area contributed by atoms with Gasteiger partial charge in [0.25, 0.3) is 0 Å². The van der Waals surface area contributed by atoms with Crippen LogP contribution in [0.2, 0.25) is 0 Å². The predicted molar refractivity (Wildman–Crippen MR) is 245 cm³/mol. The van der Waals surface area contributed by atoms with Crippen molar-refractivity contribution in [2.45, 2.75) is 18.8 Å². The topological polar surface area (TPSA) is 52.8 Å². The first-order valence-corrected chi connectivity index (χ1v) is 20.8. The van der Waals surface area contributed by atoms with Gasteiger partial charge in [-0.15, -0.1) is 11.3 Å². The Morgan fingerprint density at radius 1 is 0.576 bits per heavy atom. The Morgan fingerprint density at radius 2 is 1.27 bits per heavy atom. The van der Waals surface area contributed by atoms with Crippen molar-refractivity contribution < 1.29 is 4.74 Å². The molecule has 3 heterocycles. The number of ether oxygens (including phenoxy) is 1. The molecule has 0 saturated carbocycles. The van der Waals surface area contributed by atoms with Crippen LogP contribution in [0.5, 0.6) is 5.75 Å². The average molecular weight is 779 g/mol. The minimum atomic E-state index is -0.324. The molecule has 1 aliphatic carbocycles. The molecule has 282 valence electrons. The molecule has 11 rings (SSSR count). The normalized spacial score (nSPS) is 15.3. The van der Waals surface area contributed by atoms with Crippen LogP contribution in [-0.4, -0.2) is 26.6 Å².